The molecule has 1 amide bonds. The highest BCUT2D eigenvalue weighted by molar-refractivity contribution is 5.78. The zero-order chi connectivity index (χ0) is 17.9. The van der Waals surface area contributed by atoms with Gasteiger partial charge in [0, 0.05) is 6.04 Å². The SMILES string of the molecule is CCCCCC(C)NC(=O)CN1CCC(COc2ccccc2)CC1. The zero-order valence-corrected chi connectivity index (χ0v) is 15.9. The molecular weight excluding hydrogens is 312 g/mol. The van der Waals surface area contributed by atoms with E-state index in [0.29, 0.717) is 12.5 Å². The van der Waals surface area contributed by atoms with Crippen LogP contribution in [0.25, 0.3) is 0 Å². The van der Waals surface area contributed by atoms with Crippen LogP contribution in [0.2, 0.25) is 0 Å². The van der Waals surface area contributed by atoms with Crippen molar-refractivity contribution in [2.75, 3.05) is 26.2 Å². The lowest BCUT2D eigenvalue weighted by Gasteiger charge is -2.31. The number of ether oxygens (including phenoxy) is 1. The Morgan fingerprint density at radius 3 is 2.64 bits per heavy atom. The van der Waals surface area contributed by atoms with Crippen molar-refractivity contribution in [2.24, 2.45) is 5.92 Å². The molecule has 2 rings (SSSR count). The maximum Gasteiger partial charge on any atom is 0.234 e. The Labute approximate surface area is 152 Å². The number of rotatable bonds is 10. The molecule has 140 valence electrons. The van der Waals surface area contributed by atoms with Gasteiger partial charge in [-0.1, -0.05) is 44.4 Å². The van der Waals surface area contributed by atoms with Crippen LogP contribution in [0.15, 0.2) is 30.3 Å². The summed E-state index contributed by atoms with van der Waals surface area (Å²) in [5, 5.41) is 3.14. The Kier molecular flexibility index (Phi) is 8.81. The van der Waals surface area contributed by atoms with Crippen molar-refractivity contribution in [3.63, 3.8) is 0 Å². The van der Waals surface area contributed by atoms with Crippen LogP contribution in [0.5, 0.6) is 5.75 Å². The first-order valence-corrected chi connectivity index (χ1v) is 9.87. The third-order valence-corrected chi connectivity index (χ3v) is 4.95. The first-order valence-electron chi connectivity index (χ1n) is 9.87. The minimum atomic E-state index is 0.169. The van der Waals surface area contributed by atoms with E-state index in [1.165, 1.54) is 19.3 Å². The minimum absolute atomic E-state index is 0.169. The number of hydrogen-bond donors (Lipinski definition) is 1. The van der Waals surface area contributed by atoms with Gasteiger partial charge in [0.25, 0.3) is 0 Å². The maximum absolute atomic E-state index is 12.2. The number of nitrogens with zero attached hydrogens (tertiary/aromatic N) is 1. The molecule has 1 atom stereocenters. The monoisotopic (exact) mass is 346 g/mol. The number of likely N-dealkylation sites (tertiary alicyclic amines) is 1. The van der Waals surface area contributed by atoms with Crippen molar-refractivity contribution >= 4 is 5.91 Å². The molecule has 0 spiro atoms. The second kappa shape index (κ2) is 11.1. The summed E-state index contributed by atoms with van der Waals surface area (Å²) in [6.07, 6.45) is 6.96. The summed E-state index contributed by atoms with van der Waals surface area (Å²) in [6.45, 7) is 7.60. The van der Waals surface area contributed by atoms with Crippen LogP contribution < -0.4 is 10.1 Å². The van der Waals surface area contributed by atoms with E-state index >= 15 is 0 Å². The standard InChI is InChI=1S/C21H34N2O2/c1-3-4-6-9-18(2)22-21(24)16-23-14-12-19(13-15-23)17-25-20-10-7-5-8-11-20/h5,7-8,10-11,18-19H,3-4,6,9,12-17H2,1-2H3,(H,22,24). The molecule has 1 aliphatic heterocycles. The number of unbranched alkanes of at least 4 members (excludes halogenated alkanes) is 2. The van der Waals surface area contributed by atoms with E-state index in [9.17, 15) is 4.79 Å². The number of carbonyl (C=O) groups is 1. The molecule has 1 heterocycles. The lowest BCUT2D eigenvalue weighted by atomic mass is 9.98. The summed E-state index contributed by atoms with van der Waals surface area (Å²) in [5.74, 6) is 1.71. The number of carbonyl (C=O) groups excluding carboxylic acids is 1. The van der Waals surface area contributed by atoms with Gasteiger partial charge in [0.1, 0.15) is 5.75 Å². The summed E-state index contributed by atoms with van der Waals surface area (Å²) in [4.78, 5) is 14.4. The molecule has 1 fully saturated rings. The quantitative estimate of drug-likeness (QED) is 0.654. The first-order chi connectivity index (χ1) is 12.2. The molecular formula is C21H34N2O2. The first kappa shape index (κ1) is 19.8. The third-order valence-electron chi connectivity index (χ3n) is 4.95. The molecule has 0 radical (unpaired) electrons. The van der Waals surface area contributed by atoms with Crippen molar-refractivity contribution in [1.82, 2.24) is 10.2 Å². The van der Waals surface area contributed by atoms with E-state index in [1.54, 1.807) is 0 Å². The molecule has 25 heavy (non-hydrogen) atoms. The fourth-order valence-corrected chi connectivity index (χ4v) is 3.34. The Bertz CT molecular complexity index is 484. The predicted octanol–water partition coefficient (Wildman–Crippen LogP) is 3.86. The topological polar surface area (TPSA) is 41.6 Å². The van der Waals surface area contributed by atoms with Crippen molar-refractivity contribution in [3.05, 3.63) is 30.3 Å². The van der Waals surface area contributed by atoms with Gasteiger partial charge in [0.2, 0.25) is 5.91 Å². The summed E-state index contributed by atoms with van der Waals surface area (Å²) >= 11 is 0. The van der Waals surface area contributed by atoms with Crippen molar-refractivity contribution in [3.8, 4) is 5.75 Å². The zero-order valence-electron chi connectivity index (χ0n) is 15.9. The van der Waals surface area contributed by atoms with E-state index in [-0.39, 0.29) is 11.9 Å². The fraction of sp³-hybridized carbons (Fsp3) is 0.667. The second-order valence-corrected chi connectivity index (χ2v) is 7.31. The highest BCUT2D eigenvalue weighted by Gasteiger charge is 2.21. The predicted molar refractivity (Wildman–Crippen MR) is 103 cm³/mol. The number of piperidine rings is 1. The molecule has 1 aromatic carbocycles. The average molecular weight is 347 g/mol. The van der Waals surface area contributed by atoms with Crippen LogP contribution in [-0.4, -0.2) is 43.1 Å². The van der Waals surface area contributed by atoms with Gasteiger partial charge >= 0.3 is 0 Å². The van der Waals surface area contributed by atoms with E-state index in [0.717, 1.165) is 44.7 Å². The summed E-state index contributed by atoms with van der Waals surface area (Å²) < 4.78 is 5.86. The molecule has 1 saturated heterocycles. The van der Waals surface area contributed by atoms with Crippen LogP contribution >= 0.6 is 0 Å². The molecule has 0 saturated carbocycles. The van der Waals surface area contributed by atoms with Gasteiger partial charge in [-0.05, 0) is 57.3 Å². The Hall–Kier alpha value is -1.55. The average Bonchev–Trinajstić information content (AvgIpc) is 2.62. The molecule has 0 aliphatic carbocycles. The number of nitrogens with one attached hydrogen (secondary N) is 1. The van der Waals surface area contributed by atoms with Gasteiger partial charge in [-0.2, -0.15) is 0 Å². The van der Waals surface area contributed by atoms with E-state index in [4.69, 9.17) is 4.74 Å². The van der Waals surface area contributed by atoms with Crippen molar-refractivity contribution in [1.29, 1.82) is 0 Å². The lowest BCUT2D eigenvalue weighted by molar-refractivity contribution is -0.123. The molecule has 1 aliphatic rings. The normalized spacial score (nSPS) is 17.2. The Morgan fingerprint density at radius 1 is 1.24 bits per heavy atom. The van der Waals surface area contributed by atoms with Gasteiger partial charge in [-0.3, -0.25) is 9.69 Å². The maximum atomic E-state index is 12.2. The number of amides is 1. The van der Waals surface area contributed by atoms with Crippen LogP contribution in [0.4, 0.5) is 0 Å². The highest BCUT2D eigenvalue weighted by Crippen LogP contribution is 2.19. The number of hydrogen-bond acceptors (Lipinski definition) is 3. The van der Waals surface area contributed by atoms with Gasteiger partial charge in [-0.25, -0.2) is 0 Å². The van der Waals surface area contributed by atoms with Crippen molar-refractivity contribution < 1.29 is 9.53 Å². The van der Waals surface area contributed by atoms with Gasteiger partial charge in [0.05, 0.1) is 13.2 Å². The van der Waals surface area contributed by atoms with E-state index < -0.39 is 0 Å². The van der Waals surface area contributed by atoms with Gasteiger partial charge in [-0.15, -0.1) is 0 Å². The highest BCUT2D eigenvalue weighted by atomic mass is 16.5. The lowest BCUT2D eigenvalue weighted by Crippen LogP contribution is -2.44. The fourth-order valence-electron chi connectivity index (χ4n) is 3.34. The van der Waals surface area contributed by atoms with Gasteiger partial charge in [0.15, 0.2) is 0 Å². The molecule has 1 N–H and O–H groups in total. The number of benzene rings is 1. The van der Waals surface area contributed by atoms with Crippen LogP contribution in [-0.2, 0) is 4.79 Å². The van der Waals surface area contributed by atoms with Crippen LogP contribution in [0.1, 0.15) is 52.4 Å². The molecule has 1 unspecified atom stereocenters. The Balaban J connectivity index is 1.59. The molecule has 0 aromatic heterocycles. The van der Waals surface area contributed by atoms with E-state index in [1.807, 2.05) is 30.3 Å². The molecule has 0 bridgehead atoms. The molecule has 4 heteroatoms. The summed E-state index contributed by atoms with van der Waals surface area (Å²) in [6, 6.07) is 10.3. The summed E-state index contributed by atoms with van der Waals surface area (Å²) in [5.41, 5.74) is 0. The molecule has 4 nitrogen and oxygen atoms in total. The largest absolute Gasteiger partial charge is 0.493 e. The third kappa shape index (κ3) is 7.91. The van der Waals surface area contributed by atoms with Crippen LogP contribution in [0, 0.1) is 5.92 Å². The van der Waals surface area contributed by atoms with E-state index in [2.05, 4.69) is 24.1 Å². The minimum Gasteiger partial charge on any atom is -0.493 e. The Morgan fingerprint density at radius 2 is 1.96 bits per heavy atom. The second-order valence-electron chi connectivity index (χ2n) is 7.31. The smallest absolute Gasteiger partial charge is 0.234 e. The van der Waals surface area contributed by atoms with Crippen molar-refractivity contribution in [2.45, 2.75) is 58.4 Å². The van der Waals surface area contributed by atoms with Gasteiger partial charge < -0.3 is 10.1 Å². The van der Waals surface area contributed by atoms with Crippen LogP contribution in [0.3, 0.4) is 0 Å². The summed E-state index contributed by atoms with van der Waals surface area (Å²) in [7, 11) is 0. The number of para-hydroxylation sites is 1. The molecule has 1 aromatic rings.